The summed E-state index contributed by atoms with van der Waals surface area (Å²) >= 11 is 6.07. The molecule has 1 aromatic rings. The van der Waals surface area contributed by atoms with Crippen molar-refractivity contribution < 1.29 is 14.2 Å². The second-order valence-corrected chi connectivity index (χ2v) is 4.74. The maximum Gasteiger partial charge on any atom is 0.188 e. The van der Waals surface area contributed by atoms with E-state index < -0.39 is 0 Å². The van der Waals surface area contributed by atoms with Gasteiger partial charge in [-0.1, -0.05) is 11.6 Å². The normalized spacial score (nSPS) is 14.6. The lowest BCUT2D eigenvalue weighted by Gasteiger charge is -2.15. The zero-order valence-corrected chi connectivity index (χ0v) is 11.4. The molecule has 18 heavy (non-hydrogen) atoms. The molecule has 0 amide bonds. The lowest BCUT2D eigenvalue weighted by Crippen LogP contribution is -2.16. The van der Waals surface area contributed by atoms with Crippen molar-refractivity contribution in [1.29, 1.82) is 0 Å². The summed E-state index contributed by atoms with van der Waals surface area (Å²) in [5.41, 5.74) is 0.989. The molecule has 0 heterocycles. The van der Waals surface area contributed by atoms with E-state index in [9.17, 15) is 0 Å². The van der Waals surface area contributed by atoms with Gasteiger partial charge in [-0.25, -0.2) is 0 Å². The minimum Gasteiger partial charge on any atom is -0.493 e. The zero-order valence-electron chi connectivity index (χ0n) is 10.7. The average Bonchev–Trinajstić information content (AvgIpc) is 3.18. The molecule has 5 heteroatoms. The van der Waals surface area contributed by atoms with E-state index in [0.717, 1.165) is 12.1 Å². The van der Waals surface area contributed by atoms with Crippen LogP contribution in [0.3, 0.4) is 0 Å². The predicted molar refractivity (Wildman–Crippen MR) is 70.4 cm³/mol. The molecular formula is C13H18ClNO3. The number of methoxy groups -OCH3 is 2. The van der Waals surface area contributed by atoms with Crippen molar-refractivity contribution in [2.24, 2.45) is 0 Å². The molecule has 4 nitrogen and oxygen atoms in total. The van der Waals surface area contributed by atoms with E-state index in [0.29, 0.717) is 22.6 Å². The third-order valence-electron chi connectivity index (χ3n) is 2.80. The van der Waals surface area contributed by atoms with Crippen molar-refractivity contribution in [3.63, 3.8) is 0 Å². The van der Waals surface area contributed by atoms with Crippen molar-refractivity contribution in [1.82, 2.24) is 5.32 Å². The van der Waals surface area contributed by atoms with Crippen LogP contribution in [-0.2, 0) is 11.3 Å². The molecule has 0 atom stereocenters. The quantitative estimate of drug-likeness (QED) is 0.774. The number of hydrogen-bond acceptors (Lipinski definition) is 4. The Morgan fingerprint density at radius 3 is 2.72 bits per heavy atom. The van der Waals surface area contributed by atoms with E-state index in [-0.39, 0.29) is 6.79 Å². The Kier molecular flexibility index (Phi) is 4.69. The summed E-state index contributed by atoms with van der Waals surface area (Å²) in [5.74, 6) is 1.32. The molecule has 2 rings (SSSR count). The minimum absolute atomic E-state index is 0.189. The van der Waals surface area contributed by atoms with Crippen molar-refractivity contribution in [3.8, 4) is 11.5 Å². The van der Waals surface area contributed by atoms with Gasteiger partial charge in [0.05, 0.1) is 7.11 Å². The number of rotatable bonds is 7. The van der Waals surface area contributed by atoms with Gasteiger partial charge in [-0.3, -0.25) is 0 Å². The molecular weight excluding hydrogens is 254 g/mol. The Morgan fingerprint density at radius 2 is 2.11 bits per heavy atom. The van der Waals surface area contributed by atoms with E-state index >= 15 is 0 Å². The first-order chi connectivity index (χ1) is 8.74. The van der Waals surface area contributed by atoms with Crippen LogP contribution in [0.5, 0.6) is 11.5 Å². The van der Waals surface area contributed by atoms with E-state index in [2.05, 4.69) is 5.32 Å². The first-order valence-electron chi connectivity index (χ1n) is 5.96. The summed E-state index contributed by atoms with van der Waals surface area (Å²) in [6.45, 7) is 0.912. The Morgan fingerprint density at radius 1 is 1.33 bits per heavy atom. The molecule has 1 N–H and O–H groups in total. The van der Waals surface area contributed by atoms with Crippen LogP contribution in [0.15, 0.2) is 12.1 Å². The van der Waals surface area contributed by atoms with Crippen LogP contribution in [0, 0.1) is 0 Å². The Bertz CT molecular complexity index is 407. The highest BCUT2D eigenvalue weighted by atomic mass is 35.5. The molecule has 100 valence electrons. The molecule has 0 aromatic heterocycles. The molecule has 0 saturated heterocycles. The molecule has 1 aromatic carbocycles. The number of halogens is 1. The summed E-state index contributed by atoms with van der Waals surface area (Å²) in [6, 6.07) is 4.27. The Labute approximate surface area is 112 Å². The van der Waals surface area contributed by atoms with Crippen LogP contribution in [0.25, 0.3) is 0 Å². The number of hydrogen-bond donors (Lipinski definition) is 1. The van der Waals surface area contributed by atoms with Gasteiger partial charge in [0.2, 0.25) is 0 Å². The SMILES string of the molecule is COCOc1c(CNC2CC2)cc(Cl)cc1OC. The van der Waals surface area contributed by atoms with Crippen LogP contribution >= 0.6 is 11.6 Å². The first-order valence-corrected chi connectivity index (χ1v) is 6.34. The lowest BCUT2D eigenvalue weighted by atomic mass is 10.2. The molecule has 0 spiro atoms. The monoisotopic (exact) mass is 271 g/mol. The maximum absolute atomic E-state index is 6.07. The van der Waals surface area contributed by atoms with Crippen molar-refractivity contribution in [2.75, 3.05) is 21.0 Å². The van der Waals surface area contributed by atoms with Gasteiger partial charge >= 0.3 is 0 Å². The summed E-state index contributed by atoms with van der Waals surface area (Å²) in [4.78, 5) is 0. The van der Waals surface area contributed by atoms with Gasteiger partial charge in [-0.05, 0) is 18.9 Å². The number of ether oxygens (including phenoxy) is 3. The van der Waals surface area contributed by atoms with Crippen molar-refractivity contribution in [3.05, 3.63) is 22.7 Å². The van der Waals surface area contributed by atoms with Crippen LogP contribution in [0.2, 0.25) is 5.02 Å². The molecule has 0 bridgehead atoms. The standard InChI is InChI=1S/C13H18ClNO3/c1-16-8-18-13-9(7-15-11-3-4-11)5-10(14)6-12(13)17-2/h5-6,11,15H,3-4,7-8H2,1-2H3. The fourth-order valence-corrected chi connectivity index (χ4v) is 1.96. The molecule has 0 unspecified atom stereocenters. The van der Waals surface area contributed by atoms with Gasteiger partial charge < -0.3 is 19.5 Å². The topological polar surface area (TPSA) is 39.7 Å². The van der Waals surface area contributed by atoms with Gasteiger partial charge in [-0.15, -0.1) is 0 Å². The fraction of sp³-hybridized carbons (Fsp3) is 0.538. The van der Waals surface area contributed by atoms with Gasteiger partial charge in [0.25, 0.3) is 0 Å². The van der Waals surface area contributed by atoms with Crippen molar-refractivity contribution in [2.45, 2.75) is 25.4 Å². The lowest BCUT2D eigenvalue weighted by molar-refractivity contribution is 0.0483. The second kappa shape index (κ2) is 6.27. The second-order valence-electron chi connectivity index (χ2n) is 4.30. The zero-order chi connectivity index (χ0) is 13.0. The molecule has 0 aliphatic heterocycles. The Hall–Kier alpha value is -0.970. The molecule has 1 aliphatic carbocycles. The third-order valence-corrected chi connectivity index (χ3v) is 3.01. The highest BCUT2D eigenvalue weighted by molar-refractivity contribution is 6.30. The van der Waals surface area contributed by atoms with Gasteiger partial charge in [-0.2, -0.15) is 0 Å². The third kappa shape index (κ3) is 3.51. The largest absolute Gasteiger partial charge is 0.493 e. The fourth-order valence-electron chi connectivity index (χ4n) is 1.73. The van der Waals surface area contributed by atoms with E-state index in [1.807, 2.05) is 6.07 Å². The van der Waals surface area contributed by atoms with Crippen LogP contribution in [0.1, 0.15) is 18.4 Å². The van der Waals surface area contributed by atoms with Crippen LogP contribution in [-0.4, -0.2) is 27.1 Å². The number of nitrogens with one attached hydrogen (secondary N) is 1. The average molecular weight is 272 g/mol. The number of benzene rings is 1. The van der Waals surface area contributed by atoms with Gasteiger partial charge in [0.1, 0.15) is 0 Å². The minimum atomic E-state index is 0.189. The summed E-state index contributed by atoms with van der Waals surface area (Å²) in [6.07, 6.45) is 2.48. The molecule has 1 aliphatic rings. The molecule has 1 saturated carbocycles. The summed E-state index contributed by atoms with van der Waals surface area (Å²) < 4.78 is 15.8. The predicted octanol–water partition coefficient (Wildman–Crippen LogP) is 2.58. The summed E-state index contributed by atoms with van der Waals surface area (Å²) in [7, 11) is 3.19. The van der Waals surface area contributed by atoms with E-state index in [1.165, 1.54) is 12.8 Å². The van der Waals surface area contributed by atoms with Crippen molar-refractivity contribution >= 4 is 11.6 Å². The smallest absolute Gasteiger partial charge is 0.188 e. The highest BCUT2D eigenvalue weighted by Crippen LogP contribution is 2.35. The van der Waals surface area contributed by atoms with E-state index in [4.69, 9.17) is 25.8 Å². The molecule has 0 radical (unpaired) electrons. The Balaban J connectivity index is 2.17. The first kappa shape index (κ1) is 13.5. The summed E-state index contributed by atoms with van der Waals surface area (Å²) in [5, 5.41) is 4.08. The van der Waals surface area contributed by atoms with Gasteiger partial charge in [0.15, 0.2) is 18.3 Å². The molecule has 1 fully saturated rings. The van der Waals surface area contributed by atoms with Crippen LogP contribution < -0.4 is 14.8 Å². The van der Waals surface area contributed by atoms with Crippen LogP contribution in [0.4, 0.5) is 0 Å². The van der Waals surface area contributed by atoms with E-state index in [1.54, 1.807) is 20.3 Å². The highest BCUT2D eigenvalue weighted by Gasteiger charge is 2.21. The maximum atomic E-state index is 6.07. The van der Waals surface area contributed by atoms with Gasteiger partial charge in [0, 0.05) is 36.3 Å².